The highest BCUT2D eigenvalue weighted by Gasteiger charge is 2.45. The van der Waals surface area contributed by atoms with Gasteiger partial charge in [0, 0.05) is 18.3 Å². The van der Waals surface area contributed by atoms with E-state index >= 15 is 0 Å². The number of fused-ring (bicyclic) bond motifs is 1. The van der Waals surface area contributed by atoms with Crippen LogP contribution in [0.25, 0.3) is 0 Å². The van der Waals surface area contributed by atoms with Crippen molar-refractivity contribution in [2.75, 3.05) is 18.2 Å². The number of carbonyl (C=O) groups is 1. The summed E-state index contributed by atoms with van der Waals surface area (Å²) in [4.78, 5) is 14.0. The molecule has 0 saturated carbocycles. The lowest BCUT2D eigenvalue weighted by molar-refractivity contribution is -0.137. The van der Waals surface area contributed by atoms with Crippen LogP contribution in [0.3, 0.4) is 0 Å². The lowest BCUT2D eigenvalue weighted by atomic mass is 10.0. The number of halogens is 5. The molecule has 1 aliphatic rings. The number of hydrogen-bond donors (Lipinski definition) is 0. The molecule has 1 unspecified atom stereocenters. The van der Waals surface area contributed by atoms with Crippen molar-refractivity contribution >= 4 is 35.0 Å². The van der Waals surface area contributed by atoms with Crippen LogP contribution in [0, 0.1) is 5.82 Å². The third-order valence-corrected chi connectivity index (χ3v) is 6.00. The Morgan fingerprint density at radius 3 is 2.44 bits per heavy atom. The van der Waals surface area contributed by atoms with Gasteiger partial charge >= 0.3 is 6.18 Å². The third kappa shape index (κ3) is 3.25. The van der Waals surface area contributed by atoms with E-state index in [1.165, 1.54) is 22.7 Å². The molecule has 0 fully saturated rings. The molecule has 0 N–H and O–H groups in total. The van der Waals surface area contributed by atoms with Crippen molar-refractivity contribution in [3.8, 4) is 11.5 Å². The van der Waals surface area contributed by atoms with Gasteiger partial charge < -0.3 is 9.64 Å². The molecule has 0 bridgehead atoms. The summed E-state index contributed by atoms with van der Waals surface area (Å²) in [6.45, 7) is 1.76. The summed E-state index contributed by atoms with van der Waals surface area (Å²) in [6, 6.07) is 5.65. The fourth-order valence-corrected chi connectivity index (χ4v) is 3.88. The number of anilines is 1. The summed E-state index contributed by atoms with van der Waals surface area (Å²) >= 11 is 7.15. The van der Waals surface area contributed by atoms with E-state index in [9.17, 15) is 22.4 Å². The zero-order chi connectivity index (χ0) is 20.1. The number of likely N-dealkylation sites (N-methyl/N-ethyl adjacent to an activating group) is 1. The minimum atomic E-state index is -4.72. The summed E-state index contributed by atoms with van der Waals surface area (Å²) in [6.07, 6.45) is -2.93. The second-order valence-electron chi connectivity index (χ2n) is 6.15. The smallest absolute Gasteiger partial charge is 0.416 e. The summed E-state index contributed by atoms with van der Waals surface area (Å²) < 4.78 is 57.0. The molecule has 144 valence electrons. The molecule has 1 amide bonds. The first kappa shape index (κ1) is 19.8. The average Bonchev–Trinajstić information content (AvgIpc) is 2.79. The molecular formula is C18H14ClF4NO2S. The van der Waals surface area contributed by atoms with Crippen LogP contribution >= 0.6 is 23.4 Å². The molecule has 0 saturated heterocycles. The molecule has 3 rings (SSSR count). The normalized spacial score (nSPS) is 19.4. The van der Waals surface area contributed by atoms with E-state index in [2.05, 4.69) is 0 Å². The molecule has 1 atom stereocenters. The van der Waals surface area contributed by atoms with Crippen molar-refractivity contribution in [1.82, 2.24) is 0 Å². The van der Waals surface area contributed by atoms with E-state index < -0.39 is 33.1 Å². The van der Waals surface area contributed by atoms with Gasteiger partial charge in [0.05, 0.1) is 10.6 Å². The SMILES string of the molecule is CSC1(C)C(=O)N(C)c2ccc(Oc3c(F)cc(C(F)(F)F)cc3Cl)cc21. The van der Waals surface area contributed by atoms with Crippen molar-refractivity contribution < 1.29 is 27.1 Å². The van der Waals surface area contributed by atoms with Gasteiger partial charge in [-0.15, -0.1) is 11.8 Å². The van der Waals surface area contributed by atoms with Crippen LogP contribution in [0.4, 0.5) is 23.2 Å². The summed E-state index contributed by atoms with van der Waals surface area (Å²) in [5.41, 5.74) is 0.153. The second kappa shape index (κ2) is 6.60. The monoisotopic (exact) mass is 419 g/mol. The van der Waals surface area contributed by atoms with Gasteiger partial charge in [-0.2, -0.15) is 13.2 Å². The van der Waals surface area contributed by atoms with E-state index in [-0.39, 0.29) is 11.7 Å². The lowest BCUT2D eigenvalue weighted by Crippen LogP contribution is -2.33. The molecule has 2 aromatic rings. The molecule has 0 radical (unpaired) electrons. The van der Waals surface area contributed by atoms with E-state index in [1.807, 2.05) is 0 Å². The van der Waals surface area contributed by atoms with Gasteiger partial charge in [-0.25, -0.2) is 4.39 Å². The minimum absolute atomic E-state index is 0.110. The van der Waals surface area contributed by atoms with Gasteiger partial charge in [0.2, 0.25) is 5.91 Å². The highest BCUT2D eigenvalue weighted by molar-refractivity contribution is 8.00. The minimum Gasteiger partial charge on any atom is -0.453 e. The molecule has 1 heterocycles. The van der Waals surface area contributed by atoms with Gasteiger partial charge in [0.15, 0.2) is 11.6 Å². The molecule has 27 heavy (non-hydrogen) atoms. The first-order chi connectivity index (χ1) is 12.5. The Morgan fingerprint density at radius 2 is 1.89 bits per heavy atom. The first-order valence-electron chi connectivity index (χ1n) is 7.71. The van der Waals surface area contributed by atoms with E-state index in [0.717, 1.165) is 0 Å². The second-order valence-corrected chi connectivity index (χ2v) is 7.78. The highest BCUT2D eigenvalue weighted by atomic mass is 35.5. The summed E-state index contributed by atoms with van der Waals surface area (Å²) in [5, 5.41) is -0.497. The molecular weight excluding hydrogens is 406 g/mol. The molecule has 2 aromatic carbocycles. The molecule has 0 aromatic heterocycles. The number of rotatable bonds is 3. The fourth-order valence-electron chi connectivity index (χ4n) is 2.93. The van der Waals surface area contributed by atoms with Gasteiger partial charge in [0.25, 0.3) is 0 Å². The molecule has 0 spiro atoms. The zero-order valence-electron chi connectivity index (χ0n) is 14.4. The number of carbonyl (C=O) groups excluding carboxylic acids is 1. The largest absolute Gasteiger partial charge is 0.453 e. The molecule has 1 aliphatic heterocycles. The molecule has 3 nitrogen and oxygen atoms in total. The van der Waals surface area contributed by atoms with E-state index in [4.69, 9.17) is 16.3 Å². The van der Waals surface area contributed by atoms with Crippen LogP contribution in [0.5, 0.6) is 11.5 Å². The Hall–Kier alpha value is -1.93. The lowest BCUT2D eigenvalue weighted by Gasteiger charge is -2.20. The van der Waals surface area contributed by atoms with Crippen LogP contribution in [0.2, 0.25) is 5.02 Å². The first-order valence-corrected chi connectivity index (χ1v) is 9.31. The Labute approximate surface area is 162 Å². The highest BCUT2D eigenvalue weighted by Crippen LogP contribution is 2.49. The standard InChI is InChI=1S/C18H14ClF4NO2S/c1-17(27-3)11-8-10(4-5-14(11)24(2)16(17)25)26-15-12(19)6-9(7-13(15)20)18(21,22)23/h4-8H,1-3H3. The quantitative estimate of drug-likeness (QED) is 0.585. The Kier molecular flexibility index (Phi) is 4.84. The molecule has 0 aliphatic carbocycles. The van der Waals surface area contributed by atoms with E-state index in [0.29, 0.717) is 23.4 Å². The van der Waals surface area contributed by atoms with Crippen molar-refractivity contribution in [2.45, 2.75) is 17.8 Å². The van der Waals surface area contributed by atoms with Crippen molar-refractivity contribution in [2.24, 2.45) is 0 Å². The van der Waals surface area contributed by atoms with Crippen molar-refractivity contribution in [3.05, 3.63) is 52.3 Å². The predicted molar refractivity (Wildman–Crippen MR) is 97.2 cm³/mol. The van der Waals surface area contributed by atoms with E-state index in [1.54, 1.807) is 32.4 Å². The van der Waals surface area contributed by atoms with Gasteiger partial charge in [-0.3, -0.25) is 4.79 Å². The van der Waals surface area contributed by atoms with Crippen molar-refractivity contribution in [1.29, 1.82) is 0 Å². The maximum absolute atomic E-state index is 14.2. The maximum atomic E-state index is 14.2. The predicted octanol–water partition coefficient (Wildman–Crippen LogP) is 5.84. The van der Waals surface area contributed by atoms with Crippen LogP contribution in [0.15, 0.2) is 30.3 Å². The van der Waals surface area contributed by atoms with Crippen LogP contribution < -0.4 is 9.64 Å². The third-order valence-electron chi connectivity index (χ3n) is 4.51. The number of thioether (sulfide) groups is 1. The number of alkyl halides is 3. The number of hydrogen-bond acceptors (Lipinski definition) is 3. The summed E-state index contributed by atoms with van der Waals surface area (Å²) in [7, 11) is 1.65. The summed E-state index contributed by atoms with van der Waals surface area (Å²) in [5.74, 6) is -1.68. The number of nitrogens with zero attached hydrogens (tertiary/aromatic N) is 1. The number of amides is 1. The van der Waals surface area contributed by atoms with Gasteiger partial charge in [-0.1, -0.05) is 11.6 Å². The maximum Gasteiger partial charge on any atom is 0.416 e. The topological polar surface area (TPSA) is 29.5 Å². The average molecular weight is 420 g/mol. The number of benzene rings is 2. The zero-order valence-corrected chi connectivity index (χ0v) is 16.0. The van der Waals surface area contributed by atoms with Gasteiger partial charge in [0.1, 0.15) is 10.5 Å². The Morgan fingerprint density at radius 1 is 1.22 bits per heavy atom. The van der Waals surface area contributed by atoms with Crippen LogP contribution in [-0.2, 0) is 15.7 Å². The number of ether oxygens (including phenoxy) is 1. The van der Waals surface area contributed by atoms with Crippen LogP contribution in [-0.4, -0.2) is 19.2 Å². The Bertz CT molecular complexity index is 911. The fraction of sp³-hybridized carbons (Fsp3) is 0.278. The van der Waals surface area contributed by atoms with Crippen molar-refractivity contribution in [3.63, 3.8) is 0 Å². The Balaban J connectivity index is 2.01. The van der Waals surface area contributed by atoms with Gasteiger partial charge in [-0.05, 0) is 43.5 Å². The molecule has 9 heteroatoms. The van der Waals surface area contributed by atoms with Crippen LogP contribution in [0.1, 0.15) is 18.1 Å².